The maximum Gasteiger partial charge on any atom is 0.416 e. The standard InChI is InChI=1S/C24H29NO6/c1-16(2)20-15-30-24(29)25(20)23(28)19(14-17-8-4-3-5-9-17)22-21(27)12-11-18(31-22)10-6-7-13-26/h3-5,8-12,16,19-20,22,26H,6-7,13-15H2,1-2H3/t19-,20+,22-/m0/s1. The average Bonchev–Trinajstić information content (AvgIpc) is 3.15. The summed E-state index contributed by atoms with van der Waals surface area (Å²) in [7, 11) is 0. The molecule has 0 bridgehead atoms. The van der Waals surface area contributed by atoms with Crippen molar-refractivity contribution < 1.29 is 29.0 Å². The number of carbonyl (C=O) groups excluding carboxylic acids is 3. The Morgan fingerprint density at radius 2 is 1.97 bits per heavy atom. The number of amides is 2. The van der Waals surface area contributed by atoms with Crippen LogP contribution in [0, 0.1) is 11.8 Å². The van der Waals surface area contributed by atoms with Crippen LogP contribution in [0.2, 0.25) is 0 Å². The Morgan fingerprint density at radius 3 is 2.65 bits per heavy atom. The zero-order chi connectivity index (χ0) is 22.4. The van der Waals surface area contributed by atoms with Crippen LogP contribution in [-0.4, -0.2) is 53.1 Å². The molecule has 2 aliphatic rings. The largest absolute Gasteiger partial charge is 0.482 e. The van der Waals surface area contributed by atoms with E-state index < -0.39 is 24.0 Å². The number of hydrogen-bond donors (Lipinski definition) is 1. The molecule has 0 aromatic heterocycles. The molecule has 1 aromatic rings. The highest BCUT2D eigenvalue weighted by molar-refractivity contribution is 6.02. The van der Waals surface area contributed by atoms with E-state index >= 15 is 0 Å². The van der Waals surface area contributed by atoms with Crippen LogP contribution in [0.25, 0.3) is 0 Å². The van der Waals surface area contributed by atoms with Gasteiger partial charge in [-0.3, -0.25) is 9.59 Å². The van der Waals surface area contributed by atoms with Crippen LogP contribution < -0.4 is 0 Å². The first-order valence-electron chi connectivity index (χ1n) is 10.7. The van der Waals surface area contributed by atoms with Gasteiger partial charge < -0.3 is 14.6 Å². The van der Waals surface area contributed by atoms with Gasteiger partial charge in [0.25, 0.3) is 0 Å². The molecule has 1 aromatic carbocycles. The second-order valence-electron chi connectivity index (χ2n) is 8.14. The van der Waals surface area contributed by atoms with Crippen molar-refractivity contribution in [1.29, 1.82) is 0 Å². The van der Waals surface area contributed by atoms with Gasteiger partial charge in [-0.15, -0.1) is 0 Å². The van der Waals surface area contributed by atoms with E-state index in [1.807, 2.05) is 44.2 Å². The molecule has 3 atom stereocenters. The fourth-order valence-corrected chi connectivity index (χ4v) is 3.79. The summed E-state index contributed by atoms with van der Waals surface area (Å²) >= 11 is 0. The number of carbonyl (C=O) groups is 3. The van der Waals surface area contributed by atoms with Crippen molar-refractivity contribution in [2.24, 2.45) is 11.8 Å². The Morgan fingerprint density at radius 1 is 1.23 bits per heavy atom. The summed E-state index contributed by atoms with van der Waals surface area (Å²) < 4.78 is 11.1. The van der Waals surface area contributed by atoms with Crippen LogP contribution >= 0.6 is 0 Å². The number of unbranched alkanes of at least 4 members (excludes halogenated alkanes) is 1. The number of cyclic esters (lactones) is 1. The quantitative estimate of drug-likeness (QED) is 0.641. The van der Waals surface area contributed by atoms with Crippen LogP contribution in [0.3, 0.4) is 0 Å². The van der Waals surface area contributed by atoms with Crippen molar-refractivity contribution in [2.75, 3.05) is 13.2 Å². The number of benzene rings is 1. The summed E-state index contributed by atoms with van der Waals surface area (Å²) in [5.74, 6) is -1.17. The number of aliphatic hydroxyl groups is 1. The van der Waals surface area contributed by atoms with Crippen molar-refractivity contribution in [2.45, 2.75) is 45.3 Å². The molecule has 0 aliphatic carbocycles. The normalized spacial score (nSPS) is 23.2. The summed E-state index contributed by atoms with van der Waals surface area (Å²) in [6.45, 7) is 4.04. The Bertz CT molecular complexity index is 860. The minimum atomic E-state index is -1.04. The highest BCUT2D eigenvalue weighted by atomic mass is 16.6. The van der Waals surface area contributed by atoms with Gasteiger partial charge in [-0.05, 0) is 49.0 Å². The molecule has 7 heteroatoms. The summed E-state index contributed by atoms with van der Waals surface area (Å²) in [5.41, 5.74) is 0.867. The van der Waals surface area contributed by atoms with Gasteiger partial charge in [0.15, 0.2) is 11.9 Å². The molecular formula is C24H29NO6. The van der Waals surface area contributed by atoms with E-state index in [0.29, 0.717) is 18.6 Å². The second-order valence-corrected chi connectivity index (χ2v) is 8.14. The van der Waals surface area contributed by atoms with Crippen LogP contribution in [0.15, 0.2) is 54.3 Å². The maximum atomic E-state index is 13.6. The smallest absolute Gasteiger partial charge is 0.416 e. The molecule has 0 saturated carbocycles. The first-order valence-corrected chi connectivity index (χ1v) is 10.7. The summed E-state index contributed by atoms with van der Waals surface area (Å²) in [6, 6.07) is 8.98. The Kier molecular flexibility index (Phi) is 7.63. The molecule has 1 N–H and O–H groups in total. The SMILES string of the molecule is CC(C)[C@H]1COC(=O)N1C(=O)[C@@H](Cc1ccccc1)[C@@H]1OC(=CCCCO)C=CC1=O. The first kappa shape index (κ1) is 22.7. The molecule has 31 heavy (non-hydrogen) atoms. The third-order valence-corrected chi connectivity index (χ3v) is 5.56. The van der Waals surface area contributed by atoms with Crippen molar-refractivity contribution in [3.05, 3.63) is 59.9 Å². The number of allylic oxidation sites excluding steroid dienone is 2. The van der Waals surface area contributed by atoms with Gasteiger partial charge in [0, 0.05) is 6.61 Å². The lowest BCUT2D eigenvalue weighted by Gasteiger charge is -2.32. The molecule has 2 amide bonds. The lowest BCUT2D eigenvalue weighted by Crippen LogP contribution is -2.50. The third-order valence-electron chi connectivity index (χ3n) is 5.56. The van der Waals surface area contributed by atoms with Gasteiger partial charge in [0.05, 0.1) is 12.0 Å². The Labute approximate surface area is 182 Å². The summed E-state index contributed by atoms with van der Waals surface area (Å²) in [5, 5.41) is 8.99. The number of ether oxygens (including phenoxy) is 2. The molecule has 0 unspecified atom stereocenters. The minimum Gasteiger partial charge on any atom is -0.482 e. The van der Waals surface area contributed by atoms with E-state index in [9.17, 15) is 14.4 Å². The lowest BCUT2D eigenvalue weighted by molar-refractivity contribution is -0.144. The molecule has 166 valence electrons. The zero-order valence-corrected chi connectivity index (χ0v) is 17.9. The van der Waals surface area contributed by atoms with E-state index in [1.165, 1.54) is 6.08 Å². The molecular weight excluding hydrogens is 398 g/mol. The third kappa shape index (κ3) is 5.41. The van der Waals surface area contributed by atoms with Gasteiger partial charge in [-0.1, -0.05) is 44.2 Å². The molecule has 7 nitrogen and oxygen atoms in total. The maximum absolute atomic E-state index is 13.6. The van der Waals surface area contributed by atoms with Crippen molar-refractivity contribution in [3.63, 3.8) is 0 Å². The highest BCUT2D eigenvalue weighted by Crippen LogP contribution is 2.29. The fourth-order valence-electron chi connectivity index (χ4n) is 3.79. The second kappa shape index (κ2) is 10.4. The predicted molar refractivity (Wildman–Crippen MR) is 114 cm³/mol. The van der Waals surface area contributed by atoms with Crippen LogP contribution in [0.5, 0.6) is 0 Å². The minimum absolute atomic E-state index is 0.0181. The Hall–Kier alpha value is -2.93. The topological polar surface area (TPSA) is 93.1 Å². The Balaban J connectivity index is 1.91. The molecule has 2 aliphatic heterocycles. The molecule has 0 radical (unpaired) electrons. The van der Waals surface area contributed by atoms with E-state index in [2.05, 4.69) is 0 Å². The highest BCUT2D eigenvalue weighted by Gasteiger charge is 2.46. The van der Waals surface area contributed by atoms with Gasteiger partial charge in [0.2, 0.25) is 5.91 Å². The molecule has 2 heterocycles. The first-order chi connectivity index (χ1) is 14.9. The number of aliphatic hydroxyl groups excluding tert-OH is 1. The molecule has 3 rings (SSSR count). The van der Waals surface area contributed by atoms with Crippen molar-refractivity contribution in [3.8, 4) is 0 Å². The van der Waals surface area contributed by atoms with Crippen LogP contribution in [-0.2, 0) is 25.5 Å². The van der Waals surface area contributed by atoms with E-state index in [4.69, 9.17) is 14.6 Å². The summed E-state index contributed by atoms with van der Waals surface area (Å²) in [4.78, 5) is 39.9. The number of ketones is 1. The van der Waals surface area contributed by atoms with Gasteiger partial charge in [-0.25, -0.2) is 9.69 Å². The monoisotopic (exact) mass is 427 g/mol. The summed E-state index contributed by atoms with van der Waals surface area (Å²) in [6.07, 6.45) is 4.45. The van der Waals surface area contributed by atoms with Crippen molar-refractivity contribution >= 4 is 17.8 Å². The zero-order valence-electron chi connectivity index (χ0n) is 17.9. The van der Waals surface area contributed by atoms with Gasteiger partial charge in [0.1, 0.15) is 12.4 Å². The lowest BCUT2D eigenvalue weighted by atomic mass is 9.88. The number of nitrogens with zero attached hydrogens (tertiary/aromatic N) is 1. The predicted octanol–water partition coefficient (Wildman–Crippen LogP) is 3.03. The van der Waals surface area contributed by atoms with Crippen LogP contribution in [0.1, 0.15) is 32.3 Å². The molecule has 1 saturated heterocycles. The van der Waals surface area contributed by atoms with E-state index in [-0.39, 0.29) is 37.4 Å². The molecule has 1 fully saturated rings. The molecule has 0 spiro atoms. The van der Waals surface area contributed by atoms with Gasteiger partial charge >= 0.3 is 6.09 Å². The number of hydrogen-bond acceptors (Lipinski definition) is 6. The van der Waals surface area contributed by atoms with Gasteiger partial charge in [-0.2, -0.15) is 0 Å². The number of imide groups is 1. The fraction of sp³-hybridized carbons (Fsp3) is 0.458. The van der Waals surface area contributed by atoms with E-state index in [0.717, 1.165) is 10.5 Å². The van der Waals surface area contributed by atoms with Crippen molar-refractivity contribution in [1.82, 2.24) is 4.90 Å². The van der Waals surface area contributed by atoms with Crippen LogP contribution in [0.4, 0.5) is 4.79 Å². The van der Waals surface area contributed by atoms with E-state index in [1.54, 1.807) is 12.2 Å². The number of rotatable bonds is 8. The average molecular weight is 427 g/mol.